The van der Waals surface area contributed by atoms with Gasteiger partial charge in [-0.1, -0.05) is 72.8 Å². The second-order valence-electron chi connectivity index (χ2n) is 8.63. The molecule has 0 aliphatic rings. The van der Waals surface area contributed by atoms with E-state index in [9.17, 15) is 8.78 Å². The summed E-state index contributed by atoms with van der Waals surface area (Å²) < 4.78 is 28.4. The van der Waals surface area contributed by atoms with Crippen molar-refractivity contribution in [1.29, 1.82) is 0 Å². The molecule has 2 heterocycles. The van der Waals surface area contributed by atoms with Crippen molar-refractivity contribution >= 4 is 21.5 Å². The molecule has 0 fully saturated rings. The van der Waals surface area contributed by atoms with E-state index < -0.39 is 0 Å². The van der Waals surface area contributed by atoms with Crippen LogP contribution in [0.4, 0.5) is 8.78 Å². The van der Waals surface area contributed by atoms with E-state index in [1.165, 1.54) is 0 Å². The zero-order valence-corrected chi connectivity index (χ0v) is 22.8. The molecule has 0 unspecified atom stereocenters. The zero-order chi connectivity index (χ0) is 25.1. The number of hydrogen-bond acceptors (Lipinski definition) is 2. The van der Waals surface area contributed by atoms with Crippen molar-refractivity contribution in [3.8, 4) is 22.5 Å². The predicted molar refractivity (Wildman–Crippen MR) is 144 cm³/mol. The number of aromatic nitrogens is 2. The third-order valence-electron chi connectivity index (χ3n) is 6.24. The Morgan fingerprint density at radius 1 is 0.486 bits per heavy atom. The zero-order valence-electron chi connectivity index (χ0n) is 20.4. The van der Waals surface area contributed by atoms with Crippen molar-refractivity contribution in [1.82, 2.24) is 9.97 Å². The summed E-state index contributed by atoms with van der Waals surface area (Å²) in [6, 6.07) is 30.5. The van der Waals surface area contributed by atoms with Gasteiger partial charge in [0.2, 0.25) is 0 Å². The van der Waals surface area contributed by atoms with Gasteiger partial charge < -0.3 is 0 Å². The molecule has 4 aromatic carbocycles. The molecule has 0 aliphatic carbocycles. The molecular formula is C32H24F2IrN2+3. The summed E-state index contributed by atoms with van der Waals surface area (Å²) in [5, 5.41) is 4.10. The van der Waals surface area contributed by atoms with Crippen LogP contribution in [0.1, 0.15) is 11.1 Å². The van der Waals surface area contributed by atoms with E-state index in [1.54, 1.807) is 50.5 Å². The largest absolute Gasteiger partial charge is 3.00 e. The normalized spacial score (nSPS) is 10.5. The van der Waals surface area contributed by atoms with Crippen molar-refractivity contribution in [2.24, 2.45) is 0 Å². The minimum atomic E-state index is -0.193. The van der Waals surface area contributed by atoms with Gasteiger partial charge in [0.15, 0.2) is 0 Å². The molecule has 2 aromatic heterocycles. The van der Waals surface area contributed by atoms with E-state index in [1.807, 2.05) is 72.8 Å². The first-order chi connectivity index (χ1) is 17.5. The van der Waals surface area contributed by atoms with Crippen LogP contribution in [0.5, 0.6) is 0 Å². The summed E-state index contributed by atoms with van der Waals surface area (Å²) in [5.41, 5.74) is 3.81. The van der Waals surface area contributed by atoms with Gasteiger partial charge in [-0.25, -0.2) is 8.78 Å². The fourth-order valence-corrected chi connectivity index (χ4v) is 4.33. The molecule has 0 saturated heterocycles. The van der Waals surface area contributed by atoms with Gasteiger partial charge >= 0.3 is 20.1 Å². The maximum absolute atomic E-state index is 14.2. The standard InChI is InChI=1S/2C16H12FN.Ir/c2*1-11-5-4-8-14(15(11)17)16-13-7-3-2-6-12(13)9-10-18-16;/h2*2-10H,1H3;/q;;+3. The van der Waals surface area contributed by atoms with Crippen molar-refractivity contribution in [3.05, 3.63) is 132 Å². The van der Waals surface area contributed by atoms with Crippen molar-refractivity contribution in [2.75, 3.05) is 0 Å². The Balaban J connectivity index is 0.000000168. The molecule has 0 spiro atoms. The molecule has 37 heavy (non-hydrogen) atoms. The Kier molecular flexibility index (Phi) is 8.17. The van der Waals surface area contributed by atoms with Crippen molar-refractivity contribution in [3.63, 3.8) is 0 Å². The Hall–Kier alpha value is -3.79. The van der Waals surface area contributed by atoms with Gasteiger partial charge in [0.25, 0.3) is 0 Å². The van der Waals surface area contributed by atoms with Gasteiger partial charge in [0, 0.05) is 34.3 Å². The summed E-state index contributed by atoms with van der Waals surface area (Å²) in [5.74, 6) is -0.386. The van der Waals surface area contributed by atoms with Crippen LogP contribution in [0.15, 0.2) is 109 Å². The minimum Gasteiger partial charge on any atom is -0.255 e. The van der Waals surface area contributed by atoms with Crippen LogP contribution >= 0.6 is 0 Å². The van der Waals surface area contributed by atoms with Gasteiger partial charge in [0.1, 0.15) is 11.6 Å². The number of fused-ring (bicyclic) bond motifs is 2. The van der Waals surface area contributed by atoms with Gasteiger partial charge in [-0.3, -0.25) is 9.97 Å². The van der Waals surface area contributed by atoms with Crippen LogP contribution in [0.3, 0.4) is 0 Å². The van der Waals surface area contributed by atoms with Crippen LogP contribution in [0.25, 0.3) is 44.1 Å². The molecule has 182 valence electrons. The summed E-state index contributed by atoms with van der Waals surface area (Å²) in [6.07, 6.45) is 3.44. The molecule has 6 rings (SSSR count). The topological polar surface area (TPSA) is 25.8 Å². The summed E-state index contributed by atoms with van der Waals surface area (Å²) >= 11 is 0. The molecule has 0 bridgehead atoms. The maximum atomic E-state index is 14.2. The Morgan fingerprint density at radius 2 is 0.892 bits per heavy atom. The predicted octanol–water partition coefficient (Wildman–Crippen LogP) is 8.70. The number of nitrogens with zero attached hydrogens (tertiary/aromatic N) is 2. The number of pyridine rings is 2. The van der Waals surface area contributed by atoms with Gasteiger partial charge in [-0.15, -0.1) is 0 Å². The third-order valence-corrected chi connectivity index (χ3v) is 6.24. The minimum absolute atomic E-state index is 0. The molecule has 0 N–H and O–H groups in total. The molecule has 6 aromatic rings. The van der Waals surface area contributed by atoms with E-state index >= 15 is 0 Å². The van der Waals surface area contributed by atoms with Gasteiger partial charge in [-0.05, 0) is 60.0 Å². The SMILES string of the molecule is Cc1cccc(-c2nccc3ccccc23)c1F.Cc1cccc(-c2nccc3ccccc23)c1F.[Ir+3]. The third kappa shape index (κ3) is 5.34. The number of aryl methyl sites for hydroxylation is 2. The monoisotopic (exact) mass is 667 g/mol. The van der Waals surface area contributed by atoms with E-state index in [-0.39, 0.29) is 31.7 Å². The first-order valence-electron chi connectivity index (χ1n) is 11.7. The van der Waals surface area contributed by atoms with E-state index in [4.69, 9.17) is 0 Å². The van der Waals surface area contributed by atoms with E-state index in [0.29, 0.717) is 33.6 Å². The molecule has 0 atom stereocenters. The molecule has 0 saturated carbocycles. The second-order valence-corrected chi connectivity index (χ2v) is 8.63. The average molecular weight is 667 g/mol. The number of hydrogen-bond donors (Lipinski definition) is 0. The van der Waals surface area contributed by atoms with Crippen LogP contribution in [-0.2, 0) is 20.1 Å². The molecule has 5 heteroatoms. The first-order valence-corrected chi connectivity index (χ1v) is 11.7. The Morgan fingerprint density at radius 3 is 1.32 bits per heavy atom. The first kappa shape index (κ1) is 26.3. The Labute approximate surface area is 228 Å². The number of benzene rings is 4. The molecule has 0 amide bonds. The number of rotatable bonds is 2. The van der Waals surface area contributed by atoms with E-state index in [2.05, 4.69) is 9.97 Å². The molecular weight excluding hydrogens is 643 g/mol. The van der Waals surface area contributed by atoms with Gasteiger partial charge in [-0.2, -0.15) is 0 Å². The fraction of sp³-hybridized carbons (Fsp3) is 0.0625. The second kappa shape index (κ2) is 11.5. The van der Waals surface area contributed by atoms with Gasteiger partial charge in [0.05, 0.1) is 11.4 Å². The van der Waals surface area contributed by atoms with Crippen LogP contribution in [0, 0.1) is 25.5 Å². The fourth-order valence-electron chi connectivity index (χ4n) is 4.33. The molecule has 0 radical (unpaired) electrons. The van der Waals surface area contributed by atoms with Crippen LogP contribution < -0.4 is 0 Å². The summed E-state index contributed by atoms with van der Waals surface area (Å²) in [7, 11) is 0. The van der Waals surface area contributed by atoms with E-state index in [0.717, 1.165) is 21.5 Å². The quantitative estimate of drug-likeness (QED) is 0.185. The summed E-state index contributed by atoms with van der Waals surface area (Å²) in [4.78, 5) is 8.68. The average Bonchev–Trinajstić information content (AvgIpc) is 2.92. The van der Waals surface area contributed by atoms with Crippen molar-refractivity contribution in [2.45, 2.75) is 13.8 Å². The Bertz CT molecular complexity index is 1560. The maximum Gasteiger partial charge on any atom is 3.00 e. The van der Waals surface area contributed by atoms with Crippen LogP contribution in [0.2, 0.25) is 0 Å². The molecule has 2 nitrogen and oxygen atoms in total. The molecule has 0 aliphatic heterocycles. The smallest absolute Gasteiger partial charge is 0.255 e. The number of halogens is 2. The summed E-state index contributed by atoms with van der Waals surface area (Å²) in [6.45, 7) is 3.54. The van der Waals surface area contributed by atoms with Crippen LogP contribution in [-0.4, -0.2) is 9.97 Å². The van der Waals surface area contributed by atoms with Crippen molar-refractivity contribution < 1.29 is 28.9 Å².